The van der Waals surface area contributed by atoms with Crippen LogP contribution < -0.4 is 23.7 Å². The minimum absolute atomic E-state index is 0.0224. The van der Waals surface area contributed by atoms with E-state index in [9.17, 15) is 5.26 Å². The summed E-state index contributed by atoms with van der Waals surface area (Å²) in [6, 6.07) is 12.6. The number of methoxy groups -OCH3 is 5. The number of nitrogens with zero attached hydrogens (tertiary/aromatic N) is 2. The highest BCUT2D eigenvalue weighted by Gasteiger charge is 2.40. The zero-order valence-corrected chi connectivity index (χ0v) is 19.8. The van der Waals surface area contributed by atoms with E-state index in [-0.39, 0.29) is 5.92 Å². The minimum atomic E-state index is -0.0224. The van der Waals surface area contributed by atoms with E-state index in [0.717, 1.165) is 42.5 Å². The van der Waals surface area contributed by atoms with Crippen LogP contribution in [0.4, 0.5) is 0 Å². The third-order valence-corrected chi connectivity index (χ3v) is 6.69. The second-order valence-corrected chi connectivity index (χ2v) is 8.15. The molecular formula is C26H30N2O5. The lowest BCUT2D eigenvalue weighted by molar-refractivity contribution is 0.291. The van der Waals surface area contributed by atoms with Gasteiger partial charge in [-0.15, -0.1) is 0 Å². The maximum Gasteiger partial charge on any atom is 0.203 e. The number of benzene rings is 2. The number of rotatable bonds is 7. The Balaban J connectivity index is 1.97. The highest BCUT2D eigenvalue weighted by atomic mass is 16.5. The third kappa shape index (κ3) is 3.80. The first-order valence-corrected chi connectivity index (χ1v) is 11.0. The molecule has 1 fully saturated rings. The molecule has 174 valence electrons. The molecule has 4 rings (SSSR count). The molecule has 1 saturated heterocycles. The van der Waals surface area contributed by atoms with Crippen molar-refractivity contribution >= 4 is 5.57 Å². The van der Waals surface area contributed by atoms with E-state index in [1.807, 2.05) is 24.3 Å². The fraction of sp³-hybridized carbons (Fsp3) is 0.423. The average Bonchev–Trinajstić information content (AvgIpc) is 3.34. The van der Waals surface area contributed by atoms with Crippen LogP contribution in [0.25, 0.3) is 5.57 Å². The number of nitriles is 1. The van der Waals surface area contributed by atoms with E-state index in [0.29, 0.717) is 40.5 Å². The predicted molar refractivity (Wildman–Crippen MR) is 125 cm³/mol. The van der Waals surface area contributed by atoms with Gasteiger partial charge in [-0.25, -0.2) is 0 Å². The largest absolute Gasteiger partial charge is 0.493 e. The molecule has 0 radical (unpaired) electrons. The van der Waals surface area contributed by atoms with Crippen molar-refractivity contribution in [2.75, 3.05) is 42.1 Å². The van der Waals surface area contributed by atoms with Crippen molar-refractivity contribution in [1.29, 1.82) is 5.26 Å². The number of fused-ring (bicyclic) bond motifs is 1. The molecule has 2 unspecified atom stereocenters. The summed E-state index contributed by atoms with van der Waals surface area (Å²) in [5.41, 5.74) is 3.52. The van der Waals surface area contributed by atoms with Crippen molar-refractivity contribution < 1.29 is 23.7 Å². The first-order valence-electron chi connectivity index (χ1n) is 11.0. The van der Waals surface area contributed by atoms with Crippen LogP contribution in [0.5, 0.6) is 28.7 Å². The zero-order chi connectivity index (χ0) is 23.5. The maximum atomic E-state index is 10.3. The van der Waals surface area contributed by atoms with Gasteiger partial charge < -0.3 is 28.6 Å². The summed E-state index contributed by atoms with van der Waals surface area (Å²) in [6.45, 7) is 0.880. The number of ether oxygens (including phenoxy) is 5. The van der Waals surface area contributed by atoms with Gasteiger partial charge in [-0.1, -0.05) is 6.07 Å². The predicted octanol–water partition coefficient (Wildman–Crippen LogP) is 4.62. The molecule has 7 nitrogen and oxygen atoms in total. The molecule has 2 aliphatic heterocycles. The Bertz CT molecular complexity index is 1100. The van der Waals surface area contributed by atoms with Crippen LogP contribution in [0.3, 0.4) is 0 Å². The molecule has 2 aromatic carbocycles. The molecule has 33 heavy (non-hydrogen) atoms. The lowest BCUT2D eigenvalue weighted by Gasteiger charge is -2.38. The Morgan fingerprint density at radius 3 is 2.18 bits per heavy atom. The van der Waals surface area contributed by atoms with Gasteiger partial charge in [0.15, 0.2) is 23.0 Å². The van der Waals surface area contributed by atoms with Crippen LogP contribution in [0.1, 0.15) is 36.3 Å². The maximum absolute atomic E-state index is 10.3. The Hall–Kier alpha value is -3.53. The molecular weight excluding hydrogens is 420 g/mol. The molecule has 0 saturated carbocycles. The number of hydrogen-bond acceptors (Lipinski definition) is 7. The van der Waals surface area contributed by atoms with Gasteiger partial charge in [0.05, 0.1) is 35.5 Å². The molecule has 0 aliphatic carbocycles. The lowest BCUT2D eigenvalue weighted by Crippen LogP contribution is -2.35. The molecule has 0 bridgehead atoms. The number of allylic oxidation sites excluding steroid dienone is 2. The van der Waals surface area contributed by atoms with E-state index in [4.69, 9.17) is 23.7 Å². The lowest BCUT2D eigenvalue weighted by atomic mass is 9.77. The molecule has 0 N–H and O–H groups in total. The Labute approximate surface area is 195 Å². The fourth-order valence-electron chi connectivity index (χ4n) is 5.21. The van der Waals surface area contributed by atoms with Crippen LogP contribution in [0.2, 0.25) is 0 Å². The van der Waals surface area contributed by atoms with Crippen LogP contribution in [-0.2, 0) is 0 Å². The fourth-order valence-corrected chi connectivity index (χ4v) is 5.21. The highest BCUT2D eigenvalue weighted by Crippen LogP contribution is 2.52. The van der Waals surface area contributed by atoms with Gasteiger partial charge in [0, 0.05) is 29.6 Å². The van der Waals surface area contributed by atoms with E-state index < -0.39 is 0 Å². The highest BCUT2D eigenvalue weighted by molar-refractivity contribution is 5.83. The van der Waals surface area contributed by atoms with E-state index in [2.05, 4.69) is 17.0 Å². The van der Waals surface area contributed by atoms with E-state index in [1.54, 1.807) is 35.5 Å². The molecule has 2 aliphatic rings. The molecule has 0 spiro atoms. The second-order valence-electron chi connectivity index (χ2n) is 8.15. The van der Waals surface area contributed by atoms with Crippen molar-refractivity contribution in [3.8, 4) is 34.8 Å². The normalized spacial score (nSPS) is 19.6. The topological polar surface area (TPSA) is 73.2 Å². The molecule has 0 aromatic heterocycles. The van der Waals surface area contributed by atoms with Crippen LogP contribution in [-0.4, -0.2) is 53.0 Å². The van der Waals surface area contributed by atoms with E-state index >= 15 is 0 Å². The second kappa shape index (κ2) is 9.53. The van der Waals surface area contributed by atoms with Crippen LogP contribution >= 0.6 is 0 Å². The van der Waals surface area contributed by atoms with Gasteiger partial charge in [0.1, 0.15) is 11.8 Å². The number of hydrogen-bond donors (Lipinski definition) is 0. The summed E-state index contributed by atoms with van der Waals surface area (Å²) in [5, 5.41) is 10.3. The van der Waals surface area contributed by atoms with Gasteiger partial charge >= 0.3 is 0 Å². The van der Waals surface area contributed by atoms with Crippen molar-refractivity contribution in [3.05, 3.63) is 47.2 Å². The van der Waals surface area contributed by atoms with E-state index in [1.165, 1.54) is 0 Å². The summed E-state index contributed by atoms with van der Waals surface area (Å²) < 4.78 is 28.0. The van der Waals surface area contributed by atoms with Gasteiger partial charge in [0.2, 0.25) is 5.75 Å². The SMILES string of the molecule is COc1ccc(C2CC3CCCN3C(C#N)=C2c2ccc(OC)c(OC)c2OC)cc1OC. The van der Waals surface area contributed by atoms with Crippen molar-refractivity contribution in [1.82, 2.24) is 4.90 Å². The summed E-state index contributed by atoms with van der Waals surface area (Å²) in [5.74, 6) is 2.97. The molecule has 2 heterocycles. The van der Waals surface area contributed by atoms with Crippen molar-refractivity contribution in [2.24, 2.45) is 0 Å². The molecule has 2 aromatic rings. The Morgan fingerprint density at radius 2 is 1.55 bits per heavy atom. The summed E-state index contributed by atoms with van der Waals surface area (Å²) in [7, 11) is 8.06. The van der Waals surface area contributed by atoms with Gasteiger partial charge in [0.25, 0.3) is 0 Å². The Morgan fingerprint density at radius 1 is 0.848 bits per heavy atom. The van der Waals surface area contributed by atoms with Crippen LogP contribution in [0.15, 0.2) is 36.0 Å². The Kier molecular flexibility index (Phi) is 6.55. The average molecular weight is 451 g/mol. The third-order valence-electron chi connectivity index (χ3n) is 6.69. The summed E-state index contributed by atoms with van der Waals surface area (Å²) >= 11 is 0. The summed E-state index contributed by atoms with van der Waals surface area (Å²) in [6.07, 6.45) is 3.05. The van der Waals surface area contributed by atoms with Gasteiger partial charge in [-0.2, -0.15) is 5.26 Å². The summed E-state index contributed by atoms with van der Waals surface area (Å²) in [4.78, 5) is 2.25. The molecule has 2 atom stereocenters. The van der Waals surface area contributed by atoms with Gasteiger partial charge in [-0.05, 0) is 49.1 Å². The smallest absolute Gasteiger partial charge is 0.203 e. The monoisotopic (exact) mass is 450 g/mol. The first kappa shape index (κ1) is 22.7. The first-order chi connectivity index (χ1) is 16.1. The van der Waals surface area contributed by atoms with Crippen LogP contribution in [0, 0.1) is 11.3 Å². The van der Waals surface area contributed by atoms with Crippen molar-refractivity contribution in [2.45, 2.75) is 31.2 Å². The van der Waals surface area contributed by atoms with Crippen molar-refractivity contribution in [3.63, 3.8) is 0 Å². The van der Waals surface area contributed by atoms with Gasteiger partial charge in [-0.3, -0.25) is 0 Å². The zero-order valence-electron chi connectivity index (χ0n) is 19.8. The molecule has 7 heteroatoms. The standard InChI is InChI=1S/C26H30N2O5/c1-29-21-10-8-16(13-23(21)31-3)19-14-17-7-6-12-28(17)20(15-27)24(19)18-9-11-22(30-2)26(33-5)25(18)32-4/h8-11,13,17,19H,6-7,12,14H2,1-5H3. The minimum Gasteiger partial charge on any atom is -0.493 e. The molecule has 0 amide bonds. The quantitative estimate of drug-likeness (QED) is 0.610.